The molecule has 1 aromatic carbocycles. The molecule has 21 heavy (non-hydrogen) atoms. The number of hydrogen-bond donors (Lipinski definition) is 1. The third kappa shape index (κ3) is 3.19. The minimum absolute atomic E-state index is 0.0408. The molecule has 2 heterocycles. The molecular formula is C16H23N3O2. The third-order valence-corrected chi connectivity index (χ3v) is 4.36. The Bertz CT molecular complexity index is 498. The Morgan fingerprint density at radius 3 is 2.76 bits per heavy atom. The van der Waals surface area contributed by atoms with Crippen LogP contribution in [0.15, 0.2) is 24.3 Å². The number of rotatable bonds is 3. The quantitative estimate of drug-likeness (QED) is 0.872. The summed E-state index contributed by atoms with van der Waals surface area (Å²) < 4.78 is 5.73. The minimum Gasteiger partial charge on any atom is -0.492 e. The van der Waals surface area contributed by atoms with E-state index in [0.29, 0.717) is 13.2 Å². The van der Waals surface area contributed by atoms with E-state index in [1.807, 2.05) is 29.2 Å². The van der Waals surface area contributed by atoms with Gasteiger partial charge in [-0.05, 0) is 18.1 Å². The maximum atomic E-state index is 12.6. The summed E-state index contributed by atoms with van der Waals surface area (Å²) in [6.45, 7) is 5.55. The highest BCUT2D eigenvalue weighted by Gasteiger charge is 2.30. The molecule has 1 amide bonds. The van der Waals surface area contributed by atoms with Crippen molar-refractivity contribution in [1.29, 1.82) is 0 Å². The van der Waals surface area contributed by atoms with Crippen LogP contribution in [-0.2, 0) is 11.2 Å². The molecule has 0 saturated carbocycles. The number of para-hydroxylation sites is 1. The standard InChI is InChI=1S/C16H23N3O2/c17-5-6-18-7-9-19(10-8-18)16(20)14-11-13-3-1-2-4-15(13)21-12-14/h1-4,14H,5-12,17H2. The van der Waals surface area contributed by atoms with Crippen molar-refractivity contribution in [3.8, 4) is 5.75 Å². The molecule has 0 aromatic heterocycles. The van der Waals surface area contributed by atoms with Gasteiger partial charge >= 0.3 is 0 Å². The van der Waals surface area contributed by atoms with Crippen molar-refractivity contribution in [2.45, 2.75) is 6.42 Å². The molecule has 114 valence electrons. The average molecular weight is 289 g/mol. The van der Waals surface area contributed by atoms with Crippen molar-refractivity contribution in [3.05, 3.63) is 29.8 Å². The van der Waals surface area contributed by atoms with Gasteiger partial charge in [0.05, 0.1) is 5.92 Å². The van der Waals surface area contributed by atoms with Crippen LogP contribution in [0.1, 0.15) is 5.56 Å². The topological polar surface area (TPSA) is 58.8 Å². The summed E-state index contributed by atoms with van der Waals surface area (Å²) >= 11 is 0. The SMILES string of the molecule is NCCN1CCN(C(=O)C2COc3ccccc3C2)CC1. The lowest BCUT2D eigenvalue weighted by Gasteiger charge is -2.37. The first-order valence-corrected chi connectivity index (χ1v) is 7.70. The molecule has 1 atom stereocenters. The van der Waals surface area contributed by atoms with Crippen LogP contribution < -0.4 is 10.5 Å². The first-order valence-electron chi connectivity index (χ1n) is 7.70. The number of benzene rings is 1. The van der Waals surface area contributed by atoms with E-state index < -0.39 is 0 Å². The summed E-state index contributed by atoms with van der Waals surface area (Å²) in [5.74, 6) is 1.12. The second kappa shape index (κ2) is 6.45. The van der Waals surface area contributed by atoms with Crippen LogP contribution in [0.25, 0.3) is 0 Å². The molecule has 2 aliphatic rings. The molecule has 3 rings (SSSR count). The van der Waals surface area contributed by atoms with E-state index in [4.69, 9.17) is 10.5 Å². The number of carbonyl (C=O) groups is 1. The number of piperazine rings is 1. The Morgan fingerprint density at radius 2 is 2.00 bits per heavy atom. The van der Waals surface area contributed by atoms with Gasteiger partial charge in [-0.1, -0.05) is 18.2 Å². The monoisotopic (exact) mass is 289 g/mol. The summed E-state index contributed by atoms with van der Waals surface area (Å²) in [4.78, 5) is 16.9. The van der Waals surface area contributed by atoms with Crippen LogP contribution in [0.4, 0.5) is 0 Å². The molecule has 0 aliphatic carbocycles. The van der Waals surface area contributed by atoms with Crippen molar-refractivity contribution in [2.75, 3.05) is 45.9 Å². The predicted octanol–water partition coefficient (Wildman–Crippen LogP) is 0.341. The van der Waals surface area contributed by atoms with Gasteiger partial charge in [0.2, 0.25) is 5.91 Å². The van der Waals surface area contributed by atoms with Crippen LogP contribution in [0.2, 0.25) is 0 Å². The fourth-order valence-electron chi connectivity index (χ4n) is 3.12. The molecule has 0 bridgehead atoms. The molecule has 2 N–H and O–H groups in total. The molecule has 2 aliphatic heterocycles. The van der Waals surface area contributed by atoms with Crippen LogP contribution >= 0.6 is 0 Å². The van der Waals surface area contributed by atoms with E-state index in [9.17, 15) is 4.79 Å². The highest BCUT2D eigenvalue weighted by atomic mass is 16.5. The number of nitrogens with zero attached hydrogens (tertiary/aromatic N) is 2. The van der Waals surface area contributed by atoms with Crippen LogP contribution in [0.3, 0.4) is 0 Å². The van der Waals surface area contributed by atoms with Gasteiger partial charge in [0.1, 0.15) is 12.4 Å². The Morgan fingerprint density at radius 1 is 1.24 bits per heavy atom. The summed E-state index contributed by atoms with van der Waals surface area (Å²) in [5, 5.41) is 0. The maximum absolute atomic E-state index is 12.6. The number of fused-ring (bicyclic) bond motifs is 1. The molecule has 5 heteroatoms. The second-order valence-corrected chi connectivity index (χ2v) is 5.78. The summed E-state index contributed by atoms with van der Waals surface area (Å²) in [7, 11) is 0. The first kappa shape index (κ1) is 14.4. The largest absolute Gasteiger partial charge is 0.492 e. The molecule has 0 spiro atoms. The van der Waals surface area contributed by atoms with E-state index in [-0.39, 0.29) is 11.8 Å². The normalized spacial score (nSPS) is 22.5. The summed E-state index contributed by atoms with van der Waals surface area (Å²) in [5.41, 5.74) is 6.72. The highest BCUT2D eigenvalue weighted by molar-refractivity contribution is 5.80. The van der Waals surface area contributed by atoms with Gasteiger partial charge in [0.15, 0.2) is 0 Å². The Balaban J connectivity index is 1.57. The number of nitrogens with two attached hydrogens (primary N) is 1. The van der Waals surface area contributed by atoms with Crippen LogP contribution in [0.5, 0.6) is 5.75 Å². The summed E-state index contributed by atoms with van der Waals surface area (Å²) in [6.07, 6.45) is 0.790. The lowest BCUT2D eigenvalue weighted by molar-refractivity contribution is -0.138. The zero-order chi connectivity index (χ0) is 14.7. The lowest BCUT2D eigenvalue weighted by Crippen LogP contribution is -2.52. The molecule has 1 fully saturated rings. The Hall–Kier alpha value is -1.59. The number of hydrogen-bond acceptors (Lipinski definition) is 4. The predicted molar refractivity (Wildman–Crippen MR) is 81.2 cm³/mol. The molecule has 1 aromatic rings. The molecule has 1 saturated heterocycles. The van der Waals surface area contributed by atoms with Gasteiger partial charge < -0.3 is 15.4 Å². The molecule has 1 unspecified atom stereocenters. The van der Waals surface area contributed by atoms with Crippen molar-refractivity contribution in [1.82, 2.24) is 9.80 Å². The van der Waals surface area contributed by atoms with Gasteiger partial charge in [0, 0.05) is 39.3 Å². The van der Waals surface area contributed by atoms with Crippen molar-refractivity contribution >= 4 is 5.91 Å². The van der Waals surface area contributed by atoms with E-state index >= 15 is 0 Å². The van der Waals surface area contributed by atoms with Gasteiger partial charge in [-0.15, -0.1) is 0 Å². The lowest BCUT2D eigenvalue weighted by atomic mass is 9.95. The molecular weight excluding hydrogens is 266 g/mol. The third-order valence-electron chi connectivity index (χ3n) is 4.36. The molecule has 5 nitrogen and oxygen atoms in total. The molecule has 0 radical (unpaired) electrons. The van der Waals surface area contributed by atoms with Gasteiger partial charge in [-0.25, -0.2) is 0 Å². The zero-order valence-corrected chi connectivity index (χ0v) is 12.3. The van der Waals surface area contributed by atoms with E-state index in [2.05, 4.69) is 4.90 Å². The van der Waals surface area contributed by atoms with Crippen LogP contribution in [-0.4, -0.2) is 61.6 Å². The average Bonchev–Trinajstić information content (AvgIpc) is 2.55. The van der Waals surface area contributed by atoms with E-state index in [0.717, 1.165) is 50.5 Å². The highest BCUT2D eigenvalue weighted by Crippen LogP contribution is 2.27. The fraction of sp³-hybridized carbons (Fsp3) is 0.562. The van der Waals surface area contributed by atoms with E-state index in [1.54, 1.807) is 0 Å². The minimum atomic E-state index is -0.0408. The maximum Gasteiger partial charge on any atom is 0.229 e. The zero-order valence-electron chi connectivity index (χ0n) is 12.3. The Kier molecular flexibility index (Phi) is 4.41. The summed E-state index contributed by atoms with van der Waals surface area (Å²) in [6, 6.07) is 7.99. The smallest absolute Gasteiger partial charge is 0.229 e. The fourth-order valence-corrected chi connectivity index (χ4v) is 3.12. The number of ether oxygens (including phenoxy) is 1. The Labute approximate surface area is 125 Å². The van der Waals surface area contributed by atoms with Crippen molar-refractivity contribution in [3.63, 3.8) is 0 Å². The van der Waals surface area contributed by atoms with Crippen molar-refractivity contribution in [2.24, 2.45) is 11.7 Å². The van der Waals surface area contributed by atoms with Crippen LogP contribution in [0, 0.1) is 5.92 Å². The van der Waals surface area contributed by atoms with Gasteiger partial charge in [0.25, 0.3) is 0 Å². The first-order chi connectivity index (χ1) is 10.3. The van der Waals surface area contributed by atoms with E-state index in [1.165, 1.54) is 0 Å². The number of carbonyl (C=O) groups excluding carboxylic acids is 1. The van der Waals surface area contributed by atoms with Gasteiger partial charge in [-0.3, -0.25) is 9.69 Å². The number of amides is 1. The van der Waals surface area contributed by atoms with Crippen molar-refractivity contribution < 1.29 is 9.53 Å². The van der Waals surface area contributed by atoms with Gasteiger partial charge in [-0.2, -0.15) is 0 Å². The second-order valence-electron chi connectivity index (χ2n) is 5.78.